The maximum Gasteiger partial charge on any atom is 0.267 e. The molecular formula is C28H60NO5S+. The summed E-state index contributed by atoms with van der Waals surface area (Å²) in [4.78, 5) is 0. The zero-order valence-corrected chi connectivity index (χ0v) is 24.5. The summed E-state index contributed by atoms with van der Waals surface area (Å²) in [6.07, 6.45) is 24.6. The molecule has 0 saturated heterocycles. The molecule has 0 heterocycles. The lowest BCUT2D eigenvalue weighted by Gasteiger charge is -2.34. The molecule has 2 atom stereocenters. The van der Waals surface area contributed by atoms with Crippen molar-refractivity contribution in [3.63, 3.8) is 0 Å². The van der Waals surface area contributed by atoms with Crippen molar-refractivity contribution in [2.24, 2.45) is 0 Å². The van der Waals surface area contributed by atoms with Crippen LogP contribution in [0.5, 0.6) is 0 Å². The van der Waals surface area contributed by atoms with Crippen LogP contribution in [0.1, 0.15) is 129 Å². The Hall–Kier alpha value is -0.210. The van der Waals surface area contributed by atoms with E-state index in [9.17, 15) is 13.5 Å². The Morgan fingerprint density at radius 2 is 1.06 bits per heavy atom. The molecule has 0 aliphatic rings. The van der Waals surface area contributed by atoms with Crippen molar-refractivity contribution < 1.29 is 27.3 Å². The summed E-state index contributed by atoms with van der Waals surface area (Å²) in [5, 5.41) is 9.95. The minimum absolute atomic E-state index is 0.0870. The number of nitrogens with zero attached hydrogens (tertiary/aromatic N) is 1. The Labute approximate surface area is 218 Å². The number of hydrogen-bond donors (Lipinski definition) is 2. The maximum atomic E-state index is 11.0. The third kappa shape index (κ3) is 25.2. The van der Waals surface area contributed by atoms with E-state index in [0.29, 0.717) is 11.0 Å². The second-order valence-electron chi connectivity index (χ2n) is 11.4. The predicted molar refractivity (Wildman–Crippen MR) is 148 cm³/mol. The lowest BCUT2D eigenvalue weighted by Crippen LogP contribution is -2.51. The first-order valence-corrected chi connectivity index (χ1v) is 16.2. The molecule has 0 radical (unpaired) electrons. The summed E-state index contributed by atoms with van der Waals surface area (Å²) < 4.78 is 36.9. The molecule has 0 aliphatic carbocycles. The first kappa shape index (κ1) is 34.8. The Bertz CT molecular complexity index is 568. The number of hydrogen-bond acceptors (Lipinski definition) is 4. The number of likely N-dealkylation sites (N-methyl/N-ethyl adjacent to an activating group) is 1. The molecule has 0 aromatic heterocycles. The predicted octanol–water partition coefficient (Wildman–Crippen LogP) is 6.76. The van der Waals surface area contributed by atoms with Gasteiger partial charge in [-0.3, -0.25) is 4.55 Å². The molecule has 6 nitrogen and oxygen atoms in total. The number of rotatable bonds is 26. The van der Waals surface area contributed by atoms with Crippen molar-refractivity contribution >= 4 is 10.1 Å². The molecule has 0 fully saturated rings. The van der Waals surface area contributed by atoms with Crippen LogP contribution >= 0.6 is 0 Å². The van der Waals surface area contributed by atoms with E-state index in [2.05, 4.69) is 6.92 Å². The van der Waals surface area contributed by atoms with Gasteiger partial charge in [-0.15, -0.1) is 0 Å². The summed E-state index contributed by atoms with van der Waals surface area (Å²) in [7, 11) is 1.46. The molecule has 2 unspecified atom stereocenters. The molecule has 0 aromatic rings. The minimum Gasteiger partial charge on any atom is -0.386 e. The number of ether oxygens (including phenoxy) is 1. The smallest absolute Gasteiger partial charge is 0.267 e. The van der Waals surface area contributed by atoms with Crippen LogP contribution in [-0.2, 0) is 14.9 Å². The Morgan fingerprint density at radius 3 is 1.40 bits per heavy atom. The van der Waals surface area contributed by atoms with Crippen LogP contribution in [0.3, 0.4) is 0 Å². The lowest BCUT2D eigenvalue weighted by atomic mass is 10.0. The van der Waals surface area contributed by atoms with Gasteiger partial charge in [0.1, 0.15) is 31.1 Å². The van der Waals surface area contributed by atoms with E-state index in [1.54, 1.807) is 7.11 Å². The second kappa shape index (κ2) is 21.8. The Morgan fingerprint density at radius 1 is 0.686 bits per heavy atom. The van der Waals surface area contributed by atoms with Crippen molar-refractivity contribution in [2.45, 2.75) is 141 Å². The highest BCUT2D eigenvalue weighted by molar-refractivity contribution is 7.85. The molecule has 0 aromatic carbocycles. The van der Waals surface area contributed by atoms with Gasteiger partial charge in [0.25, 0.3) is 10.1 Å². The summed E-state index contributed by atoms with van der Waals surface area (Å²) in [5.41, 5.74) is 0. The van der Waals surface area contributed by atoms with Gasteiger partial charge in [-0.25, -0.2) is 0 Å². The topological polar surface area (TPSA) is 83.8 Å². The van der Waals surface area contributed by atoms with Gasteiger partial charge in [0.05, 0.1) is 14.1 Å². The molecule has 0 bridgehead atoms. The molecular weight excluding hydrogens is 462 g/mol. The van der Waals surface area contributed by atoms with Gasteiger partial charge in [-0.05, 0) is 6.42 Å². The normalized spacial score (nSPS) is 14.3. The van der Waals surface area contributed by atoms with Crippen molar-refractivity contribution in [1.82, 2.24) is 0 Å². The van der Waals surface area contributed by atoms with Crippen molar-refractivity contribution in [3.8, 4) is 0 Å². The number of quaternary nitrogens is 1. The van der Waals surface area contributed by atoms with Crippen LogP contribution < -0.4 is 0 Å². The van der Waals surface area contributed by atoms with Gasteiger partial charge in [0, 0.05) is 7.11 Å². The van der Waals surface area contributed by atoms with E-state index < -0.39 is 22.0 Å². The minimum atomic E-state index is -4.16. The largest absolute Gasteiger partial charge is 0.386 e. The van der Waals surface area contributed by atoms with Crippen LogP contribution in [0.4, 0.5) is 0 Å². The van der Waals surface area contributed by atoms with Crippen LogP contribution in [0.2, 0.25) is 0 Å². The van der Waals surface area contributed by atoms with E-state index in [4.69, 9.17) is 9.29 Å². The van der Waals surface area contributed by atoms with Crippen LogP contribution in [0.25, 0.3) is 0 Å². The quantitative estimate of drug-likeness (QED) is 0.0745. The third-order valence-electron chi connectivity index (χ3n) is 7.02. The first-order valence-electron chi connectivity index (χ1n) is 14.6. The fourth-order valence-electron chi connectivity index (χ4n) is 5.05. The molecule has 0 spiro atoms. The summed E-state index contributed by atoms with van der Waals surface area (Å²) in [6.45, 7) is 3.25. The van der Waals surface area contributed by atoms with E-state index in [0.717, 1.165) is 12.8 Å². The van der Waals surface area contributed by atoms with Gasteiger partial charge in [0.15, 0.2) is 0 Å². The lowest BCUT2D eigenvalue weighted by molar-refractivity contribution is -0.896. The Kier molecular flexibility index (Phi) is 21.7. The maximum absolute atomic E-state index is 11.0. The van der Waals surface area contributed by atoms with Gasteiger partial charge in [-0.2, -0.15) is 8.42 Å². The van der Waals surface area contributed by atoms with Crippen LogP contribution in [-0.4, -0.2) is 74.8 Å². The van der Waals surface area contributed by atoms with Gasteiger partial charge in [-0.1, -0.05) is 122 Å². The SMILES string of the molecule is CCCCCCCCCCCCCCCCCCCCC(C[N+](C)(C)CC(O)CS(=O)(=O)O)OC. The Balaban J connectivity index is 3.60. The number of aliphatic hydroxyl groups excluding tert-OH is 1. The molecule has 2 N–H and O–H groups in total. The summed E-state index contributed by atoms with van der Waals surface area (Å²) in [5.74, 6) is -0.619. The average Bonchev–Trinajstić information content (AvgIpc) is 2.75. The standard InChI is InChI=1S/C28H59NO5S/c1-5-6-7-8-9-10-11-12-13-14-15-16-17-18-19-20-21-22-23-28(34-4)25-29(2,3)24-27(30)26-35(31,32)33/h27-28,30H,5-26H2,1-4H3/p+1. The van der Waals surface area contributed by atoms with E-state index >= 15 is 0 Å². The number of unbranched alkanes of at least 4 members (excludes halogenated alkanes) is 17. The molecule has 0 saturated carbocycles. The zero-order chi connectivity index (χ0) is 26.4. The number of methoxy groups -OCH3 is 1. The molecule has 0 amide bonds. The fourth-order valence-corrected chi connectivity index (χ4v) is 5.64. The zero-order valence-electron chi connectivity index (χ0n) is 23.7. The second-order valence-corrected chi connectivity index (χ2v) is 12.9. The molecule has 7 heteroatoms. The van der Waals surface area contributed by atoms with Gasteiger partial charge >= 0.3 is 0 Å². The fraction of sp³-hybridized carbons (Fsp3) is 1.00. The van der Waals surface area contributed by atoms with Gasteiger partial charge < -0.3 is 14.3 Å². The monoisotopic (exact) mass is 522 g/mol. The molecule has 35 heavy (non-hydrogen) atoms. The van der Waals surface area contributed by atoms with E-state index in [-0.39, 0.29) is 12.6 Å². The highest BCUT2D eigenvalue weighted by atomic mass is 32.2. The molecule has 212 valence electrons. The van der Waals surface area contributed by atoms with Crippen molar-refractivity contribution in [2.75, 3.05) is 40.0 Å². The summed E-state index contributed by atoms with van der Waals surface area (Å²) >= 11 is 0. The van der Waals surface area contributed by atoms with Crippen LogP contribution in [0, 0.1) is 0 Å². The van der Waals surface area contributed by atoms with Crippen molar-refractivity contribution in [1.29, 1.82) is 0 Å². The highest BCUT2D eigenvalue weighted by Crippen LogP contribution is 2.16. The summed E-state index contributed by atoms with van der Waals surface area (Å²) in [6, 6.07) is 0. The third-order valence-corrected chi connectivity index (χ3v) is 7.82. The molecule has 0 rings (SSSR count). The average molecular weight is 523 g/mol. The van der Waals surface area contributed by atoms with Crippen LogP contribution in [0.15, 0.2) is 0 Å². The van der Waals surface area contributed by atoms with E-state index in [1.807, 2.05) is 14.1 Å². The first-order chi connectivity index (χ1) is 16.6. The van der Waals surface area contributed by atoms with E-state index in [1.165, 1.54) is 109 Å². The highest BCUT2D eigenvalue weighted by Gasteiger charge is 2.27. The van der Waals surface area contributed by atoms with Gasteiger partial charge in [0.2, 0.25) is 0 Å². The molecule has 0 aliphatic heterocycles. The number of aliphatic hydroxyl groups is 1. The van der Waals surface area contributed by atoms with Crippen molar-refractivity contribution in [3.05, 3.63) is 0 Å².